The Balaban J connectivity index is 1.01. The van der Waals surface area contributed by atoms with E-state index in [-0.39, 0.29) is 10.8 Å². The van der Waals surface area contributed by atoms with Crippen LogP contribution in [-0.2, 0) is 10.8 Å². The highest BCUT2D eigenvalue weighted by atomic mass is 15.1. The predicted molar refractivity (Wildman–Crippen MR) is 225 cm³/mol. The minimum absolute atomic E-state index is 0.0587. The van der Waals surface area contributed by atoms with Crippen LogP contribution in [0.5, 0.6) is 0 Å². The highest BCUT2D eigenvalue weighted by Crippen LogP contribution is 2.53. The fourth-order valence-corrected chi connectivity index (χ4v) is 9.31. The Morgan fingerprint density at radius 1 is 0.340 bits per heavy atom. The number of hydrogen-bond donors (Lipinski definition) is 0. The zero-order chi connectivity index (χ0) is 35.9. The van der Waals surface area contributed by atoms with Gasteiger partial charge in [-0.25, -0.2) is 0 Å². The molecular weight excluding hydrogens is 639 g/mol. The molecule has 0 atom stereocenters. The summed E-state index contributed by atoms with van der Waals surface area (Å²) in [6, 6.07) is 65.1. The van der Waals surface area contributed by atoms with Crippen LogP contribution in [-0.4, -0.2) is 0 Å². The maximum absolute atomic E-state index is 2.40. The molecule has 2 aliphatic rings. The average molecular weight is 680 g/mol. The minimum atomic E-state index is -0.0623. The summed E-state index contributed by atoms with van der Waals surface area (Å²) in [6.45, 7) is 9.42. The van der Waals surface area contributed by atoms with E-state index < -0.39 is 0 Å². The first-order valence-electron chi connectivity index (χ1n) is 18.8. The molecular formula is C52H41N. The molecule has 0 aliphatic heterocycles. The summed E-state index contributed by atoms with van der Waals surface area (Å²) in [5.41, 5.74) is 19.2. The Kier molecular flexibility index (Phi) is 6.94. The number of hydrogen-bond acceptors (Lipinski definition) is 1. The molecule has 0 spiro atoms. The molecule has 0 N–H and O–H groups in total. The summed E-state index contributed by atoms with van der Waals surface area (Å²) in [6.07, 6.45) is 0. The van der Waals surface area contributed by atoms with Crippen molar-refractivity contribution in [2.75, 3.05) is 4.90 Å². The Morgan fingerprint density at radius 3 is 1.58 bits per heavy atom. The molecule has 0 fully saturated rings. The van der Waals surface area contributed by atoms with E-state index in [0.29, 0.717) is 0 Å². The van der Waals surface area contributed by atoms with Gasteiger partial charge in [0.15, 0.2) is 0 Å². The standard InChI is InChI=1S/C52H41N/c1-51(2)46-19-11-9-17-44(46)50-41(31-27-37-13-12-20-47(51)49(37)50)36-23-21-34(22-24-36)35-25-28-39(29-26-35)53(38-14-6-5-7-15-38)40-30-32-43-42-16-8-10-18-45(42)52(3,4)48(43)33-40/h5-33H,1-4H3. The molecule has 254 valence electrons. The van der Waals surface area contributed by atoms with Crippen molar-refractivity contribution in [2.45, 2.75) is 38.5 Å². The van der Waals surface area contributed by atoms with E-state index in [0.717, 1.165) is 11.4 Å². The Hall–Kier alpha value is -6.18. The summed E-state index contributed by atoms with van der Waals surface area (Å²) in [7, 11) is 0. The molecule has 0 bridgehead atoms. The molecule has 1 nitrogen and oxygen atoms in total. The molecule has 0 saturated carbocycles. The zero-order valence-electron chi connectivity index (χ0n) is 30.7. The van der Waals surface area contributed by atoms with Gasteiger partial charge in [0.05, 0.1) is 0 Å². The van der Waals surface area contributed by atoms with Crippen molar-refractivity contribution in [1.29, 1.82) is 0 Å². The lowest BCUT2D eigenvalue weighted by molar-refractivity contribution is 0.645. The van der Waals surface area contributed by atoms with Crippen molar-refractivity contribution in [1.82, 2.24) is 0 Å². The highest BCUT2D eigenvalue weighted by Gasteiger charge is 2.36. The van der Waals surface area contributed by atoms with Crippen LogP contribution in [0.4, 0.5) is 17.1 Å². The maximum Gasteiger partial charge on any atom is 0.0465 e. The second-order valence-corrected chi connectivity index (χ2v) is 15.8. The number of rotatable bonds is 5. The molecule has 0 saturated heterocycles. The third-order valence-corrected chi connectivity index (χ3v) is 12.1. The lowest BCUT2D eigenvalue weighted by Gasteiger charge is -2.36. The van der Waals surface area contributed by atoms with Crippen LogP contribution in [0.3, 0.4) is 0 Å². The topological polar surface area (TPSA) is 3.24 Å². The van der Waals surface area contributed by atoms with Gasteiger partial charge in [0, 0.05) is 27.9 Å². The van der Waals surface area contributed by atoms with Gasteiger partial charge in [0.2, 0.25) is 0 Å². The van der Waals surface area contributed by atoms with Crippen LogP contribution in [0.25, 0.3) is 55.3 Å². The van der Waals surface area contributed by atoms with Crippen molar-refractivity contribution >= 4 is 27.8 Å². The quantitative estimate of drug-likeness (QED) is 0.175. The zero-order valence-corrected chi connectivity index (χ0v) is 30.7. The summed E-state index contributed by atoms with van der Waals surface area (Å²) in [4.78, 5) is 2.38. The highest BCUT2D eigenvalue weighted by molar-refractivity contribution is 6.09. The second-order valence-electron chi connectivity index (χ2n) is 15.8. The number of para-hydroxylation sites is 1. The molecule has 0 unspecified atom stereocenters. The van der Waals surface area contributed by atoms with Crippen LogP contribution in [0.15, 0.2) is 176 Å². The van der Waals surface area contributed by atoms with E-state index in [1.54, 1.807) is 0 Å². The summed E-state index contributed by atoms with van der Waals surface area (Å²) >= 11 is 0. The molecule has 8 aromatic rings. The van der Waals surface area contributed by atoms with E-state index in [9.17, 15) is 0 Å². The fraction of sp³-hybridized carbons (Fsp3) is 0.115. The van der Waals surface area contributed by atoms with Crippen LogP contribution < -0.4 is 4.90 Å². The van der Waals surface area contributed by atoms with E-state index in [4.69, 9.17) is 0 Å². The largest absolute Gasteiger partial charge is 0.310 e. The molecule has 53 heavy (non-hydrogen) atoms. The van der Waals surface area contributed by atoms with E-state index in [1.807, 2.05) is 0 Å². The maximum atomic E-state index is 2.40. The summed E-state index contributed by atoms with van der Waals surface area (Å²) in [5.74, 6) is 0. The number of fused-ring (bicyclic) bond motifs is 5. The Bertz CT molecular complexity index is 2700. The lowest BCUT2D eigenvalue weighted by Crippen LogP contribution is -2.23. The fourth-order valence-electron chi connectivity index (χ4n) is 9.31. The summed E-state index contributed by atoms with van der Waals surface area (Å²) in [5, 5.41) is 2.69. The first-order chi connectivity index (χ1) is 25.8. The monoisotopic (exact) mass is 679 g/mol. The van der Waals surface area contributed by atoms with Crippen LogP contribution in [0, 0.1) is 0 Å². The molecule has 0 heterocycles. The van der Waals surface area contributed by atoms with Crippen molar-refractivity contribution in [3.63, 3.8) is 0 Å². The number of benzene rings is 8. The third kappa shape index (κ3) is 4.77. The number of anilines is 3. The predicted octanol–water partition coefficient (Wildman–Crippen LogP) is 14.3. The van der Waals surface area contributed by atoms with Crippen LogP contribution in [0.2, 0.25) is 0 Å². The first kappa shape index (κ1) is 31.5. The molecule has 1 heteroatoms. The van der Waals surface area contributed by atoms with Crippen LogP contribution in [0.1, 0.15) is 49.9 Å². The van der Waals surface area contributed by atoms with Gasteiger partial charge in [-0.15, -0.1) is 0 Å². The lowest BCUT2D eigenvalue weighted by atomic mass is 9.67. The first-order valence-corrected chi connectivity index (χ1v) is 18.8. The molecule has 2 aliphatic carbocycles. The van der Waals surface area contributed by atoms with E-state index in [2.05, 4.69) is 209 Å². The van der Waals surface area contributed by atoms with Gasteiger partial charge in [-0.2, -0.15) is 0 Å². The van der Waals surface area contributed by atoms with E-state index in [1.165, 1.54) is 83.2 Å². The van der Waals surface area contributed by atoms with Gasteiger partial charge in [-0.05, 0) is 114 Å². The molecule has 8 aromatic carbocycles. The van der Waals surface area contributed by atoms with Crippen molar-refractivity contribution in [3.8, 4) is 44.5 Å². The van der Waals surface area contributed by atoms with Gasteiger partial charge in [0.1, 0.15) is 0 Å². The van der Waals surface area contributed by atoms with Crippen LogP contribution >= 0.6 is 0 Å². The normalized spacial score (nSPS) is 14.3. The molecule has 0 radical (unpaired) electrons. The number of nitrogens with zero attached hydrogens (tertiary/aromatic N) is 1. The average Bonchev–Trinajstić information content (AvgIpc) is 3.43. The van der Waals surface area contributed by atoms with Gasteiger partial charge in [-0.1, -0.05) is 167 Å². The SMILES string of the molecule is CC1(C)c2ccccc2-c2ccc(N(c3ccccc3)c3ccc(-c4ccc(-c5ccc6cccc7c6c5-c5ccccc5C7(C)C)cc4)cc3)cc21. The Morgan fingerprint density at radius 2 is 0.849 bits per heavy atom. The summed E-state index contributed by atoms with van der Waals surface area (Å²) < 4.78 is 0. The molecule has 0 amide bonds. The van der Waals surface area contributed by atoms with Crippen molar-refractivity contribution in [3.05, 3.63) is 198 Å². The minimum Gasteiger partial charge on any atom is -0.310 e. The third-order valence-electron chi connectivity index (χ3n) is 12.1. The Labute approximate surface area is 312 Å². The van der Waals surface area contributed by atoms with E-state index >= 15 is 0 Å². The van der Waals surface area contributed by atoms with Gasteiger partial charge in [0.25, 0.3) is 0 Å². The molecule has 10 rings (SSSR count). The second kappa shape index (κ2) is 11.7. The van der Waals surface area contributed by atoms with Crippen molar-refractivity contribution in [2.24, 2.45) is 0 Å². The smallest absolute Gasteiger partial charge is 0.0465 e. The van der Waals surface area contributed by atoms with Gasteiger partial charge >= 0.3 is 0 Å². The molecule has 0 aromatic heterocycles. The van der Waals surface area contributed by atoms with Crippen molar-refractivity contribution < 1.29 is 0 Å². The van der Waals surface area contributed by atoms with Gasteiger partial charge in [-0.3, -0.25) is 0 Å². The van der Waals surface area contributed by atoms with Gasteiger partial charge < -0.3 is 4.90 Å².